The first kappa shape index (κ1) is 20.4. The average Bonchev–Trinajstić information content (AvgIpc) is 2.60. The first-order valence-electron chi connectivity index (χ1n) is 8.22. The molecule has 1 aliphatic heterocycles. The van der Waals surface area contributed by atoms with Crippen molar-refractivity contribution < 1.29 is 13.0 Å². The van der Waals surface area contributed by atoms with Crippen molar-refractivity contribution >= 4 is 27.7 Å². The van der Waals surface area contributed by atoms with Crippen molar-refractivity contribution in [1.29, 1.82) is 0 Å². The van der Waals surface area contributed by atoms with E-state index in [9.17, 15) is 8.42 Å². The summed E-state index contributed by atoms with van der Waals surface area (Å²) in [5.41, 5.74) is 14.1. The quantitative estimate of drug-likeness (QED) is 0.680. The van der Waals surface area contributed by atoms with E-state index in [0.717, 1.165) is 18.5 Å². The molecule has 0 aromatic heterocycles. The lowest BCUT2D eigenvalue weighted by molar-refractivity contribution is 0.490. The third-order valence-electron chi connectivity index (χ3n) is 3.62. The van der Waals surface area contributed by atoms with Crippen molar-refractivity contribution in [1.82, 2.24) is 0 Å². The fourth-order valence-corrected chi connectivity index (χ4v) is 2.59. The van der Waals surface area contributed by atoms with Crippen LogP contribution in [-0.4, -0.2) is 37.3 Å². The van der Waals surface area contributed by atoms with Gasteiger partial charge >= 0.3 is 0 Å². The molecule has 0 saturated carbocycles. The Morgan fingerprint density at radius 3 is 2.11 bits per heavy atom. The van der Waals surface area contributed by atoms with Gasteiger partial charge in [0.1, 0.15) is 6.17 Å². The highest BCUT2D eigenvalue weighted by Crippen LogP contribution is 2.22. The van der Waals surface area contributed by atoms with Gasteiger partial charge in [-0.1, -0.05) is 48.5 Å². The minimum Gasteiger partial charge on any atom is -0.369 e. The summed E-state index contributed by atoms with van der Waals surface area (Å²) in [6.45, 7) is 0. The fourth-order valence-electron chi connectivity index (χ4n) is 2.59. The monoisotopic (exact) mass is 389 g/mol. The highest BCUT2D eigenvalue weighted by molar-refractivity contribution is 7.85. The molecule has 0 saturated heterocycles. The van der Waals surface area contributed by atoms with Crippen LogP contribution in [0.15, 0.2) is 70.6 Å². The molecule has 0 amide bonds. The third kappa shape index (κ3) is 7.08. The first-order valence-corrected chi connectivity index (χ1v) is 10.1. The Morgan fingerprint density at radius 2 is 1.56 bits per heavy atom. The Bertz CT molecular complexity index is 891. The largest absolute Gasteiger partial charge is 0.369 e. The van der Waals surface area contributed by atoms with Crippen molar-refractivity contribution in [3.05, 3.63) is 66.2 Å². The van der Waals surface area contributed by atoms with Crippen LogP contribution in [0.4, 0.5) is 5.69 Å². The zero-order valence-electron chi connectivity index (χ0n) is 14.9. The SMILES string of the molecule is CS(=O)(=O)O.NC1=NC(CCc2ccccc2)N(c2ccccc2)C(N)=N1. The van der Waals surface area contributed by atoms with E-state index in [4.69, 9.17) is 16.0 Å². The molecule has 1 aliphatic rings. The van der Waals surface area contributed by atoms with Crippen LogP contribution in [-0.2, 0) is 16.5 Å². The van der Waals surface area contributed by atoms with Gasteiger partial charge in [0, 0.05) is 5.69 Å². The lowest BCUT2D eigenvalue weighted by atomic mass is 10.1. The summed E-state index contributed by atoms with van der Waals surface area (Å²) in [7, 11) is -3.67. The smallest absolute Gasteiger partial charge is 0.261 e. The topological polar surface area (TPSA) is 134 Å². The molecule has 8 nitrogen and oxygen atoms in total. The van der Waals surface area contributed by atoms with E-state index in [-0.39, 0.29) is 12.1 Å². The van der Waals surface area contributed by atoms with Gasteiger partial charge in [-0.2, -0.15) is 13.4 Å². The molecule has 5 N–H and O–H groups in total. The molecule has 0 radical (unpaired) electrons. The zero-order chi connectivity index (χ0) is 19.9. The second kappa shape index (κ2) is 9.15. The van der Waals surface area contributed by atoms with Crippen molar-refractivity contribution in [2.45, 2.75) is 19.0 Å². The van der Waals surface area contributed by atoms with E-state index >= 15 is 0 Å². The molecule has 0 fully saturated rings. The first-order chi connectivity index (χ1) is 12.7. The molecule has 9 heteroatoms. The van der Waals surface area contributed by atoms with Crippen LogP contribution in [0.1, 0.15) is 12.0 Å². The Kier molecular flexibility index (Phi) is 6.91. The second-order valence-corrected chi connectivity index (χ2v) is 7.37. The van der Waals surface area contributed by atoms with Crippen LogP contribution in [0.2, 0.25) is 0 Å². The van der Waals surface area contributed by atoms with E-state index < -0.39 is 10.1 Å². The standard InChI is InChI=1S/C17H19N5.CH4O3S/c18-16-20-15(12-11-13-7-3-1-4-8-13)22(17(19)21-16)14-9-5-2-6-10-14;1-5(2,3)4/h1-10,15H,11-12H2,(H4,18,19,20,21);1H3,(H,2,3,4). The molecule has 0 spiro atoms. The molecule has 1 heterocycles. The van der Waals surface area contributed by atoms with E-state index in [1.807, 2.05) is 53.4 Å². The molecule has 2 aromatic carbocycles. The molecule has 27 heavy (non-hydrogen) atoms. The van der Waals surface area contributed by atoms with Crippen LogP contribution in [0, 0.1) is 0 Å². The Labute approximate surface area is 159 Å². The number of aryl methyl sites for hydroxylation is 1. The van der Waals surface area contributed by atoms with E-state index in [2.05, 4.69) is 22.1 Å². The molecule has 1 unspecified atom stereocenters. The Morgan fingerprint density at radius 1 is 1.04 bits per heavy atom. The van der Waals surface area contributed by atoms with Gasteiger partial charge in [-0.05, 0) is 30.5 Å². The number of guanidine groups is 2. The molecule has 0 aliphatic carbocycles. The summed E-state index contributed by atoms with van der Waals surface area (Å²) in [4.78, 5) is 10.5. The minimum atomic E-state index is -3.67. The summed E-state index contributed by atoms with van der Waals surface area (Å²) in [6, 6.07) is 20.2. The van der Waals surface area contributed by atoms with Crippen molar-refractivity contribution in [3.63, 3.8) is 0 Å². The van der Waals surface area contributed by atoms with Gasteiger partial charge in [-0.3, -0.25) is 9.45 Å². The number of nitrogens with zero attached hydrogens (tertiary/aromatic N) is 3. The van der Waals surface area contributed by atoms with Crippen LogP contribution in [0.25, 0.3) is 0 Å². The number of hydrogen-bond acceptors (Lipinski definition) is 7. The molecule has 2 aromatic rings. The molecule has 0 bridgehead atoms. The second-order valence-electron chi connectivity index (χ2n) is 5.90. The maximum absolute atomic E-state index is 9.19. The lowest BCUT2D eigenvalue weighted by Gasteiger charge is -2.32. The summed E-state index contributed by atoms with van der Waals surface area (Å²) in [5.74, 6) is 0.625. The highest BCUT2D eigenvalue weighted by atomic mass is 32.2. The van der Waals surface area contributed by atoms with Crippen molar-refractivity contribution in [2.75, 3.05) is 11.2 Å². The van der Waals surface area contributed by atoms with Gasteiger partial charge in [0.2, 0.25) is 11.9 Å². The maximum atomic E-state index is 9.19. The van der Waals surface area contributed by atoms with E-state index in [1.165, 1.54) is 5.56 Å². The highest BCUT2D eigenvalue weighted by Gasteiger charge is 2.25. The summed E-state index contributed by atoms with van der Waals surface area (Å²) >= 11 is 0. The fraction of sp³-hybridized carbons (Fsp3) is 0.222. The van der Waals surface area contributed by atoms with Gasteiger partial charge in [-0.15, -0.1) is 0 Å². The normalized spacial score (nSPS) is 16.7. The number of nitrogens with two attached hydrogens (primary N) is 2. The van der Waals surface area contributed by atoms with Crippen molar-refractivity contribution in [3.8, 4) is 0 Å². The Hall–Kier alpha value is -2.91. The number of para-hydroxylation sites is 1. The molecule has 144 valence electrons. The molecular formula is C18H23N5O3S. The molecule has 1 atom stereocenters. The van der Waals surface area contributed by atoms with E-state index in [1.54, 1.807) is 0 Å². The summed E-state index contributed by atoms with van der Waals surface area (Å²) < 4.78 is 25.9. The van der Waals surface area contributed by atoms with Gasteiger partial charge in [0.25, 0.3) is 10.1 Å². The summed E-state index contributed by atoms with van der Waals surface area (Å²) in [5, 5.41) is 0. The number of aliphatic imine (C=N–C) groups is 2. The van der Waals surface area contributed by atoms with Crippen LogP contribution in [0.5, 0.6) is 0 Å². The number of benzene rings is 2. The predicted molar refractivity (Wildman–Crippen MR) is 108 cm³/mol. The Balaban J connectivity index is 0.000000465. The predicted octanol–water partition coefficient (Wildman–Crippen LogP) is 1.60. The van der Waals surface area contributed by atoms with Gasteiger partial charge in [0.05, 0.1) is 6.26 Å². The zero-order valence-corrected chi connectivity index (χ0v) is 15.7. The lowest BCUT2D eigenvalue weighted by Crippen LogP contribution is -2.48. The third-order valence-corrected chi connectivity index (χ3v) is 3.62. The van der Waals surface area contributed by atoms with Crippen LogP contribution >= 0.6 is 0 Å². The van der Waals surface area contributed by atoms with Crippen molar-refractivity contribution in [2.24, 2.45) is 21.5 Å². The van der Waals surface area contributed by atoms with Gasteiger partial charge in [-0.25, -0.2) is 4.99 Å². The molecular weight excluding hydrogens is 366 g/mol. The summed E-state index contributed by atoms with van der Waals surface area (Å²) in [6.07, 6.45) is 2.29. The van der Waals surface area contributed by atoms with Gasteiger partial charge in [0.15, 0.2) is 0 Å². The number of anilines is 1. The van der Waals surface area contributed by atoms with E-state index in [0.29, 0.717) is 12.2 Å². The van der Waals surface area contributed by atoms with Gasteiger partial charge < -0.3 is 11.5 Å². The minimum absolute atomic E-state index is 0.139. The number of rotatable bonds is 4. The van der Waals surface area contributed by atoms with Crippen LogP contribution < -0.4 is 16.4 Å². The molecule has 3 rings (SSSR count). The van der Waals surface area contributed by atoms with Crippen LogP contribution in [0.3, 0.4) is 0 Å². The average molecular weight is 389 g/mol. The number of hydrogen-bond donors (Lipinski definition) is 3. The maximum Gasteiger partial charge on any atom is 0.261 e.